The second-order valence-electron chi connectivity index (χ2n) is 6.40. The SMILES string of the molecule is COC(=O)CCN1CCC(c2cccc(O)c2)C2(CC2)C1. The molecule has 1 atom stereocenters. The van der Waals surface area contributed by atoms with Crippen molar-refractivity contribution in [1.82, 2.24) is 4.90 Å². The summed E-state index contributed by atoms with van der Waals surface area (Å²) in [5.74, 6) is 0.769. The highest BCUT2D eigenvalue weighted by Crippen LogP contribution is 2.59. The van der Waals surface area contributed by atoms with Crippen molar-refractivity contribution in [1.29, 1.82) is 0 Å². The van der Waals surface area contributed by atoms with Gasteiger partial charge in [0.15, 0.2) is 0 Å². The van der Waals surface area contributed by atoms with E-state index in [-0.39, 0.29) is 5.97 Å². The Bertz CT molecular complexity index is 525. The van der Waals surface area contributed by atoms with Gasteiger partial charge < -0.3 is 14.7 Å². The van der Waals surface area contributed by atoms with Crippen molar-refractivity contribution in [2.75, 3.05) is 26.7 Å². The zero-order chi connectivity index (χ0) is 14.9. The molecule has 21 heavy (non-hydrogen) atoms. The van der Waals surface area contributed by atoms with Gasteiger partial charge >= 0.3 is 5.97 Å². The average molecular weight is 289 g/mol. The minimum absolute atomic E-state index is 0.130. The maximum atomic E-state index is 11.3. The van der Waals surface area contributed by atoms with Crippen LogP contribution in [0.15, 0.2) is 24.3 Å². The highest BCUT2D eigenvalue weighted by Gasteiger charge is 2.52. The number of benzene rings is 1. The normalized spacial score (nSPS) is 24.0. The van der Waals surface area contributed by atoms with E-state index in [1.165, 1.54) is 25.5 Å². The number of rotatable bonds is 4. The smallest absolute Gasteiger partial charge is 0.306 e. The lowest BCUT2D eigenvalue weighted by molar-refractivity contribution is -0.141. The summed E-state index contributed by atoms with van der Waals surface area (Å²) >= 11 is 0. The highest BCUT2D eigenvalue weighted by atomic mass is 16.5. The Kier molecular flexibility index (Phi) is 3.89. The van der Waals surface area contributed by atoms with E-state index >= 15 is 0 Å². The maximum Gasteiger partial charge on any atom is 0.306 e. The number of esters is 1. The number of piperidine rings is 1. The van der Waals surface area contributed by atoms with Crippen LogP contribution in [-0.2, 0) is 9.53 Å². The van der Waals surface area contributed by atoms with Crippen LogP contribution in [0.5, 0.6) is 5.75 Å². The Labute approximate surface area is 125 Å². The molecule has 1 aromatic rings. The van der Waals surface area contributed by atoms with E-state index in [0.29, 0.717) is 23.5 Å². The molecule has 4 nitrogen and oxygen atoms in total. The van der Waals surface area contributed by atoms with Gasteiger partial charge in [-0.2, -0.15) is 0 Å². The van der Waals surface area contributed by atoms with Gasteiger partial charge in [-0.15, -0.1) is 0 Å². The van der Waals surface area contributed by atoms with Crippen LogP contribution >= 0.6 is 0 Å². The molecule has 0 amide bonds. The third kappa shape index (κ3) is 3.05. The highest BCUT2D eigenvalue weighted by molar-refractivity contribution is 5.69. The van der Waals surface area contributed by atoms with Crippen molar-refractivity contribution in [2.24, 2.45) is 5.41 Å². The number of hydrogen-bond acceptors (Lipinski definition) is 4. The van der Waals surface area contributed by atoms with Gasteiger partial charge in [-0.25, -0.2) is 0 Å². The predicted octanol–water partition coefficient (Wildman–Crippen LogP) is 2.52. The molecule has 1 heterocycles. The quantitative estimate of drug-likeness (QED) is 0.865. The molecule has 4 heteroatoms. The van der Waals surface area contributed by atoms with Crippen LogP contribution < -0.4 is 0 Å². The Morgan fingerprint density at radius 2 is 2.29 bits per heavy atom. The van der Waals surface area contributed by atoms with E-state index in [9.17, 15) is 9.90 Å². The Balaban J connectivity index is 1.65. The predicted molar refractivity (Wildman–Crippen MR) is 80.2 cm³/mol. The van der Waals surface area contributed by atoms with Crippen molar-refractivity contribution >= 4 is 5.97 Å². The molecule has 2 fully saturated rings. The van der Waals surface area contributed by atoms with Crippen LogP contribution in [-0.4, -0.2) is 42.7 Å². The van der Waals surface area contributed by atoms with E-state index in [2.05, 4.69) is 11.0 Å². The summed E-state index contributed by atoms with van der Waals surface area (Å²) in [6.45, 7) is 2.87. The average Bonchev–Trinajstić information content (AvgIpc) is 3.24. The zero-order valence-electron chi connectivity index (χ0n) is 12.5. The van der Waals surface area contributed by atoms with Crippen molar-refractivity contribution < 1.29 is 14.6 Å². The lowest BCUT2D eigenvalue weighted by Gasteiger charge is -2.39. The molecule has 1 spiro atoms. The molecular weight excluding hydrogens is 266 g/mol. The van der Waals surface area contributed by atoms with Crippen molar-refractivity contribution in [3.63, 3.8) is 0 Å². The topological polar surface area (TPSA) is 49.8 Å². The summed E-state index contributed by atoms with van der Waals surface area (Å²) in [5, 5.41) is 9.70. The third-order valence-electron chi connectivity index (χ3n) is 5.04. The molecule has 1 aliphatic heterocycles. The molecule has 0 aromatic heterocycles. The second-order valence-corrected chi connectivity index (χ2v) is 6.40. The van der Waals surface area contributed by atoms with Crippen LogP contribution in [0, 0.1) is 5.41 Å². The molecule has 1 N–H and O–H groups in total. The summed E-state index contributed by atoms with van der Waals surface area (Å²) in [6, 6.07) is 7.71. The Morgan fingerprint density at radius 1 is 1.48 bits per heavy atom. The molecule has 3 rings (SSSR count). The van der Waals surface area contributed by atoms with Crippen LogP contribution in [0.25, 0.3) is 0 Å². The van der Waals surface area contributed by atoms with Crippen LogP contribution in [0.4, 0.5) is 0 Å². The van der Waals surface area contributed by atoms with E-state index in [1.54, 1.807) is 6.07 Å². The molecule has 2 aliphatic rings. The minimum Gasteiger partial charge on any atom is -0.508 e. The summed E-state index contributed by atoms with van der Waals surface area (Å²) < 4.78 is 4.72. The lowest BCUT2D eigenvalue weighted by Crippen LogP contribution is -2.41. The fourth-order valence-electron chi connectivity index (χ4n) is 3.72. The zero-order valence-corrected chi connectivity index (χ0v) is 12.5. The number of phenols is 1. The van der Waals surface area contributed by atoms with Gasteiger partial charge in [-0.05, 0) is 54.8 Å². The van der Waals surface area contributed by atoms with E-state index in [4.69, 9.17) is 4.74 Å². The van der Waals surface area contributed by atoms with Gasteiger partial charge in [0, 0.05) is 13.1 Å². The molecule has 1 unspecified atom stereocenters. The first-order chi connectivity index (χ1) is 10.1. The van der Waals surface area contributed by atoms with Gasteiger partial charge in [0.1, 0.15) is 5.75 Å². The standard InChI is InChI=1S/C17H23NO3/c1-21-16(20)6-10-18-9-5-15(17(12-18)7-8-17)13-3-2-4-14(19)11-13/h2-4,11,15,19H,5-10,12H2,1H3. The number of methoxy groups -OCH3 is 1. The van der Waals surface area contributed by atoms with Crippen LogP contribution in [0.1, 0.15) is 37.2 Å². The van der Waals surface area contributed by atoms with Gasteiger partial charge in [-0.1, -0.05) is 12.1 Å². The van der Waals surface area contributed by atoms with Gasteiger partial charge in [0.05, 0.1) is 13.5 Å². The first-order valence-electron chi connectivity index (χ1n) is 7.71. The van der Waals surface area contributed by atoms with Crippen molar-refractivity contribution in [2.45, 2.75) is 31.6 Å². The van der Waals surface area contributed by atoms with E-state index in [0.717, 1.165) is 26.1 Å². The third-order valence-corrected chi connectivity index (χ3v) is 5.04. The fourth-order valence-corrected chi connectivity index (χ4v) is 3.72. The number of ether oxygens (including phenoxy) is 1. The molecule has 1 aliphatic carbocycles. The molecule has 114 valence electrons. The second kappa shape index (κ2) is 5.68. The summed E-state index contributed by atoms with van der Waals surface area (Å²) in [7, 11) is 1.44. The number of nitrogens with zero attached hydrogens (tertiary/aromatic N) is 1. The molecule has 1 saturated carbocycles. The van der Waals surface area contributed by atoms with Crippen molar-refractivity contribution in [3.8, 4) is 5.75 Å². The van der Waals surface area contributed by atoms with E-state index < -0.39 is 0 Å². The largest absolute Gasteiger partial charge is 0.508 e. The number of carbonyl (C=O) groups excluding carboxylic acids is 1. The molecule has 1 aromatic carbocycles. The summed E-state index contributed by atoms with van der Waals surface area (Å²) in [4.78, 5) is 13.7. The van der Waals surface area contributed by atoms with E-state index in [1.807, 2.05) is 12.1 Å². The van der Waals surface area contributed by atoms with Crippen LogP contribution in [0.3, 0.4) is 0 Å². The Morgan fingerprint density at radius 3 is 2.95 bits per heavy atom. The molecular formula is C17H23NO3. The summed E-state index contributed by atoms with van der Waals surface area (Å²) in [5.41, 5.74) is 1.63. The molecule has 0 bridgehead atoms. The monoisotopic (exact) mass is 289 g/mol. The molecule has 0 radical (unpaired) electrons. The first-order valence-corrected chi connectivity index (χ1v) is 7.71. The van der Waals surface area contributed by atoms with Crippen molar-refractivity contribution in [3.05, 3.63) is 29.8 Å². The summed E-state index contributed by atoms with van der Waals surface area (Å²) in [6.07, 6.45) is 4.08. The van der Waals surface area contributed by atoms with Gasteiger partial charge in [0.25, 0.3) is 0 Å². The number of aromatic hydroxyl groups is 1. The molecule has 1 saturated heterocycles. The van der Waals surface area contributed by atoms with Crippen LogP contribution in [0.2, 0.25) is 0 Å². The number of phenolic OH excluding ortho intramolecular Hbond substituents is 1. The Hall–Kier alpha value is -1.55. The number of hydrogen-bond donors (Lipinski definition) is 1. The lowest BCUT2D eigenvalue weighted by atomic mass is 9.77. The fraction of sp³-hybridized carbons (Fsp3) is 0.588. The van der Waals surface area contributed by atoms with Gasteiger partial charge in [-0.3, -0.25) is 4.79 Å². The first kappa shape index (κ1) is 14.4. The number of carbonyl (C=O) groups is 1. The minimum atomic E-state index is -0.130. The van der Waals surface area contributed by atoms with Gasteiger partial charge in [0.2, 0.25) is 0 Å². The maximum absolute atomic E-state index is 11.3. The number of likely N-dealkylation sites (tertiary alicyclic amines) is 1.